The molecular formula is C15H19N5O3. The molecule has 2 aliphatic heterocycles. The second kappa shape index (κ2) is 5.78. The number of aliphatic hydroxyl groups is 1. The molecule has 1 amide bonds. The van der Waals surface area contributed by atoms with Crippen LogP contribution in [0.2, 0.25) is 0 Å². The number of nitrogens with zero attached hydrogens (tertiary/aromatic N) is 4. The summed E-state index contributed by atoms with van der Waals surface area (Å²) in [5, 5.41) is 17.6. The Bertz CT molecular complexity index is 731. The van der Waals surface area contributed by atoms with Crippen LogP contribution in [0, 0.1) is 0 Å². The van der Waals surface area contributed by atoms with Crippen molar-refractivity contribution in [3.8, 4) is 0 Å². The molecule has 0 spiro atoms. The first-order valence-corrected chi connectivity index (χ1v) is 7.90. The molecule has 2 fully saturated rings. The van der Waals surface area contributed by atoms with Crippen LogP contribution in [0.5, 0.6) is 0 Å². The topological polar surface area (TPSA) is 92.0 Å². The predicted molar refractivity (Wildman–Crippen MR) is 83.4 cm³/mol. The van der Waals surface area contributed by atoms with Crippen LogP contribution in [0.15, 0.2) is 18.3 Å². The molecule has 0 aliphatic carbocycles. The van der Waals surface area contributed by atoms with Crippen LogP contribution in [0.25, 0.3) is 5.52 Å². The highest BCUT2D eigenvalue weighted by Crippen LogP contribution is 2.24. The van der Waals surface area contributed by atoms with Gasteiger partial charge in [-0.2, -0.15) is 0 Å². The standard InChI is InChI=1S/C15H19N5O3/c21-12-9-23-7-5-11(12)17-15-16-8-10-3-4-13(20(10)18-15)19-6-1-2-14(19)22/h3-4,8,11-12,21H,1-2,5-7,9H2,(H,17,18)/t11-,12-/m1/s1. The number of carbonyl (C=O) groups is 1. The van der Waals surface area contributed by atoms with Crippen molar-refractivity contribution >= 4 is 23.2 Å². The van der Waals surface area contributed by atoms with Crippen LogP contribution in [0.3, 0.4) is 0 Å². The number of fused-ring (bicyclic) bond motifs is 1. The van der Waals surface area contributed by atoms with Crippen molar-refractivity contribution in [1.82, 2.24) is 14.6 Å². The molecule has 2 aliphatic rings. The van der Waals surface area contributed by atoms with Crippen LogP contribution in [-0.2, 0) is 9.53 Å². The van der Waals surface area contributed by atoms with Crippen LogP contribution in [0.1, 0.15) is 19.3 Å². The van der Waals surface area contributed by atoms with Gasteiger partial charge in [-0.15, -0.1) is 5.10 Å². The Morgan fingerprint density at radius 2 is 2.30 bits per heavy atom. The van der Waals surface area contributed by atoms with E-state index in [-0.39, 0.29) is 11.9 Å². The fraction of sp³-hybridized carbons (Fsp3) is 0.533. The van der Waals surface area contributed by atoms with Gasteiger partial charge < -0.3 is 15.2 Å². The van der Waals surface area contributed by atoms with Gasteiger partial charge in [0.25, 0.3) is 0 Å². The number of anilines is 2. The maximum atomic E-state index is 12.0. The summed E-state index contributed by atoms with van der Waals surface area (Å²) in [6.45, 7) is 1.64. The lowest BCUT2D eigenvalue weighted by Gasteiger charge is -2.28. The lowest BCUT2D eigenvalue weighted by molar-refractivity contribution is -0.117. The van der Waals surface area contributed by atoms with Crippen molar-refractivity contribution in [3.05, 3.63) is 18.3 Å². The molecule has 0 radical (unpaired) electrons. The molecule has 8 nitrogen and oxygen atoms in total. The van der Waals surface area contributed by atoms with Crippen LogP contribution in [-0.4, -0.2) is 57.5 Å². The smallest absolute Gasteiger partial charge is 0.241 e. The van der Waals surface area contributed by atoms with Gasteiger partial charge in [0.15, 0.2) is 0 Å². The van der Waals surface area contributed by atoms with E-state index in [9.17, 15) is 9.90 Å². The third kappa shape index (κ3) is 2.64. The van der Waals surface area contributed by atoms with Crippen LogP contribution >= 0.6 is 0 Å². The van der Waals surface area contributed by atoms with Gasteiger partial charge in [0, 0.05) is 19.6 Å². The Balaban J connectivity index is 1.62. The number of hydrogen-bond donors (Lipinski definition) is 2. The van der Waals surface area contributed by atoms with Crippen LogP contribution < -0.4 is 10.2 Å². The first-order chi connectivity index (χ1) is 11.2. The van der Waals surface area contributed by atoms with Crippen molar-refractivity contribution in [1.29, 1.82) is 0 Å². The number of aromatic nitrogens is 3. The van der Waals surface area contributed by atoms with Gasteiger partial charge in [0.1, 0.15) is 5.82 Å². The Labute approximate surface area is 133 Å². The minimum absolute atomic E-state index is 0.123. The fourth-order valence-corrected chi connectivity index (χ4v) is 3.11. The molecule has 0 aromatic carbocycles. The second-order valence-electron chi connectivity index (χ2n) is 5.94. The number of carbonyl (C=O) groups excluding carboxylic acids is 1. The average molecular weight is 317 g/mol. The predicted octanol–water partition coefficient (Wildman–Crippen LogP) is 0.418. The summed E-state index contributed by atoms with van der Waals surface area (Å²) in [7, 11) is 0. The Kier molecular flexibility index (Phi) is 3.62. The monoisotopic (exact) mass is 317 g/mol. The van der Waals surface area contributed by atoms with Gasteiger partial charge >= 0.3 is 0 Å². The fourth-order valence-electron chi connectivity index (χ4n) is 3.11. The minimum atomic E-state index is -0.577. The summed E-state index contributed by atoms with van der Waals surface area (Å²) in [4.78, 5) is 18.0. The van der Waals surface area contributed by atoms with Crippen molar-refractivity contribution in [2.75, 3.05) is 30.0 Å². The van der Waals surface area contributed by atoms with E-state index in [0.29, 0.717) is 32.0 Å². The number of rotatable bonds is 3. The van der Waals surface area contributed by atoms with Gasteiger partial charge in [0.2, 0.25) is 11.9 Å². The number of amides is 1. The molecule has 2 aromatic heterocycles. The molecule has 2 saturated heterocycles. The molecule has 8 heteroatoms. The minimum Gasteiger partial charge on any atom is -0.389 e. The third-order valence-electron chi connectivity index (χ3n) is 4.37. The molecular weight excluding hydrogens is 298 g/mol. The van der Waals surface area contributed by atoms with E-state index in [1.54, 1.807) is 15.6 Å². The molecule has 4 heterocycles. The quantitative estimate of drug-likeness (QED) is 0.852. The Morgan fingerprint density at radius 1 is 1.39 bits per heavy atom. The normalized spacial score (nSPS) is 25.3. The lowest BCUT2D eigenvalue weighted by atomic mass is 10.1. The van der Waals surface area contributed by atoms with Crippen molar-refractivity contribution in [3.63, 3.8) is 0 Å². The molecule has 0 saturated carbocycles. The molecule has 23 heavy (non-hydrogen) atoms. The SMILES string of the molecule is O=C1CCCN1c1ccc2cnc(N[C@@H]3CCOC[C@H]3O)nn12. The van der Waals surface area contributed by atoms with E-state index >= 15 is 0 Å². The first kappa shape index (κ1) is 14.4. The second-order valence-corrected chi connectivity index (χ2v) is 5.94. The number of aliphatic hydroxyl groups excluding tert-OH is 1. The van der Waals surface area contributed by atoms with Gasteiger partial charge in [-0.25, -0.2) is 9.50 Å². The maximum Gasteiger partial charge on any atom is 0.241 e. The highest BCUT2D eigenvalue weighted by Gasteiger charge is 2.26. The third-order valence-corrected chi connectivity index (χ3v) is 4.37. The van der Waals surface area contributed by atoms with E-state index in [1.165, 1.54) is 0 Å². The van der Waals surface area contributed by atoms with Gasteiger partial charge in [-0.1, -0.05) is 0 Å². The summed E-state index contributed by atoms with van der Waals surface area (Å²) in [6.07, 6.45) is 3.29. The summed E-state index contributed by atoms with van der Waals surface area (Å²) in [5.74, 6) is 1.32. The zero-order valence-corrected chi connectivity index (χ0v) is 12.7. The van der Waals surface area contributed by atoms with E-state index in [2.05, 4.69) is 15.4 Å². The summed E-state index contributed by atoms with van der Waals surface area (Å²) >= 11 is 0. The van der Waals surface area contributed by atoms with E-state index in [0.717, 1.165) is 24.3 Å². The molecule has 4 rings (SSSR count). The molecule has 0 bridgehead atoms. The molecule has 2 N–H and O–H groups in total. The van der Waals surface area contributed by atoms with Crippen molar-refractivity contribution in [2.45, 2.75) is 31.4 Å². The molecule has 0 unspecified atom stereocenters. The van der Waals surface area contributed by atoms with Crippen LogP contribution in [0.4, 0.5) is 11.8 Å². The van der Waals surface area contributed by atoms with Crippen molar-refractivity contribution < 1.29 is 14.6 Å². The van der Waals surface area contributed by atoms with E-state index in [1.807, 2.05) is 12.1 Å². The number of hydrogen-bond acceptors (Lipinski definition) is 6. The lowest BCUT2D eigenvalue weighted by Crippen LogP contribution is -2.42. The van der Waals surface area contributed by atoms with E-state index in [4.69, 9.17) is 4.74 Å². The largest absolute Gasteiger partial charge is 0.389 e. The molecule has 2 atom stereocenters. The first-order valence-electron chi connectivity index (χ1n) is 7.90. The van der Waals surface area contributed by atoms with E-state index < -0.39 is 6.10 Å². The number of nitrogens with one attached hydrogen (secondary N) is 1. The molecule has 122 valence electrons. The highest BCUT2D eigenvalue weighted by atomic mass is 16.5. The van der Waals surface area contributed by atoms with Gasteiger partial charge in [-0.05, 0) is 25.0 Å². The summed E-state index contributed by atoms with van der Waals surface area (Å²) < 4.78 is 6.95. The average Bonchev–Trinajstić information content (AvgIpc) is 3.15. The Morgan fingerprint density at radius 3 is 3.09 bits per heavy atom. The zero-order valence-electron chi connectivity index (χ0n) is 12.7. The summed E-state index contributed by atoms with van der Waals surface area (Å²) in [6, 6.07) is 3.66. The Hall–Kier alpha value is -2.19. The molecule has 2 aromatic rings. The van der Waals surface area contributed by atoms with Gasteiger partial charge in [0.05, 0.1) is 30.5 Å². The van der Waals surface area contributed by atoms with Gasteiger partial charge in [-0.3, -0.25) is 9.69 Å². The highest BCUT2D eigenvalue weighted by molar-refractivity contribution is 5.95. The summed E-state index contributed by atoms with van der Waals surface area (Å²) in [5.41, 5.74) is 0.831. The van der Waals surface area contributed by atoms with Crippen molar-refractivity contribution in [2.24, 2.45) is 0 Å². The maximum absolute atomic E-state index is 12.0. The number of ether oxygens (including phenoxy) is 1. The zero-order chi connectivity index (χ0) is 15.8.